The lowest BCUT2D eigenvalue weighted by Gasteiger charge is -2.30. The Bertz CT molecular complexity index is 1040. The van der Waals surface area contributed by atoms with Gasteiger partial charge in [-0.15, -0.1) is 0 Å². The molecule has 29 heavy (non-hydrogen) atoms. The smallest absolute Gasteiger partial charge is 0.271 e. The molecule has 1 atom stereocenters. The third-order valence-electron chi connectivity index (χ3n) is 4.21. The van der Waals surface area contributed by atoms with Crippen molar-refractivity contribution >= 4 is 44.6 Å². The Kier molecular flexibility index (Phi) is 6.86. The molecule has 0 aromatic heterocycles. The first kappa shape index (κ1) is 22.6. The molecule has 0 heterocycles. The largest absolute Gasteiger partial charge is 0.323 e. The standard InChI is InChI=1S/C19H22ClN3O5S/c1-5-18(19(24)21-17-11-14(23(25)26)6-7-16(17)20)22(29(4,27)28)15-9-12(2)8-13(3)10-15/h6-11,18H,5H2,1-4H3,(H,21,24)/t18-/m1/s1. The summed E-state index contributed by atoms with van der Waals surface area (Å²) >= 11 is 6.05. The van der Waals surface area contributed by atoms with Crippen molar-refractivity contribution < 1.29 is 18.1 Å². The number of nitro groups is 1. The summed E-state index contributed by atoms with van der Waals surface area (Å²) in [6.45, 7) is 5.35. The third kappa shape index (κ3) is 5.45. The van der Waals surface area contributed by atoms with Crippen LogP contribution in [0.4, 0.5) is 17.1 Å². The summed E-state index contributed by atoms with van der Waals surface area (Å²) in [6.07, 6.45) is 1.21. The van der Waals surface area contributed by atoms with Crippen LogP contribution < -0.4 is 9.62 Å². The molecule has 0 saturated heterocycles. The Morgan fingerprint density at radius 3 is 2.28 bits per heavy atom. The van der Waals surface area contributed by atoms with Gasteiger partial charge in [0.05, 0.1) is 27.6 Å². The van der Waals surface area contributed by atoms with Gasteiger partial charge in [-0.25, -0.2) is 8.42 Å². The van der Waals surface area contributed by atoms with E-state index in [1.807, 2.05) is 19.9 Å². The summed E-state index contributed by atoms with van der Waals surface area (Å²) in [4.78, 5) is 23.3. The van der Waals surface area contributed by atoms with Crippen molar-refractivity contribution in [3.05, 3.63) is 62.7 Å². The van der Waals surface area contributed by atoms with Crippen LogP contribution in [0.1, 0.15) is 24.5 Å². The highest BCUT2D eigenvalue weighted by atomic mass is 35.5. The minimum absolute atomic E-state index is 0.0400. The molecule has 0 radical (unpaired) electrons. The third-order valence-corrected chi connectivity index (χ3v) is 5.72. The summed E-state index contributed by atoms with van der Waals surface area (Å²) in [6, 6.07) is 7.85. The molecule has 156 valence electrons. The van der Waals surface area contributed by atoms with E-state index < -0.39 is 26.9 Å². The van der Waals surface area contributed by atoms with Crippen molar-refractivity contribution in [2.75, 3.05) is 15.9 Å². The van der Waals surface area contributed by atoms with Crippen LogP contribution >= 0.6 is 11.6 Å². The molecule has 0 fully saturated rings. The van der Waals surface area contributed by atoms with E-state index in [9.17, 15) is 23.3 Å². The number of rotatable bonds is 7. The first-order valence-electron chi connectivity index (χ1n) is 8.76. The van der Waals surface area contributed by atoms with E-state index in [4.69, 9.17) is 11.6 Å². The van der Waals surface area contributed by atoms with E-state index in [-0.39, 0.29) is 22.8 Å². The van der Waals surface area contributed by atoms with Crippen LogP contribution in [0, 0.1) is 24.0 Å². The van der Waals surface area contributed by atoms with Crippen molar-refractivity contribution in [1.82, 2.24) is 0 Å². The zero-order valence-corrected chi connectivity index (χ0v) is 18.0. The van der Waals surface area contributed by atoms with E-state index >= 15 is 0 Å². The van der Waals surface area contributed by atoms with Crippen molar-refractivity contribution in [2.45, 2.75) is 33.2 Å². The van der Waals surface area contributed by atoms with Gasteiger partial charge >= 0.3 is 0 Å². The van der Waals surface area contributed by atoms with Crippen molar-refractivity contribution in [1.29, 1.82) is 0 Å². The number of hydrogen-bond acceptors (Lipinski definition) is 5. The molecule has 0 bridgehead atoms. The molecular weight excluding hydrogens is 418 g/mol. The van der Waals surface area contributed by atoms with Crippen molar-refractivity contribution in [2.24, 2.45) is 0 Å². The Labute approximate surface area is 174 Å². The van der Waals surface area contributed by atoms with E-state index in [0.29, 0.717) is 5.69 Å². The fourth-order valence-corrected chi connectivity index (χ4v) is 4.44. The van der Waals surface area contributed by atoms with Gasteiger partial charge in [-0.3, -0.25) is 19.2 Å². The fraction of sp³-hybridized carbons (Fsp3) is 0.316. The number of carbonyl (C=O) groups is 1. The molecule has 2 aromatic rings. The van der Waals surface area contributed by atoms with Gasteiger partial charge in [0.15, 0.2) is 0 Å². The number of nitrogens with zero attached hydrogens (tertiary/aromatic N) is 2. The second kappa shape index (κ2) is 8.79. The Balaban J connectivity index is 2.47. The summed E-state index contributed by atoms with van der Waals surface area (Å²) in [7, 11) is -3.80. The van der Waals surface area contributed by atoms with E-state index in [0.717, 1.165) is 27.8 Å². The molecule has 10 heteroatoms. The second-order valence-electron chi connectivity index (χ2n) is 6.74. The molecule has 0 aliphatic carbocycles. The highest BCUT2D eigenvalue weighted by molar-refractivity contribution is 7.92. The Morgan fingerprint density at radius 2 is 1.79 bits per heavy atom. The molecular formula is C19H22ClN3O5S. The van der Waals surface area contributed by atoms with Gasteiger partial charge in [-0.2, -0.15) is 0 Å². The molecule has 0 spiro atoms. The monoisotopic (exact) mass is 439 g/mol. The lowest BCUT2D eigenvalue weighted by molar-refractivity contribution is -0.384. The summed E-state index contributed by atoms with van der Waals surface area (Å²) in [5, 5.41) is 13.6. The molecule has 2 aromatic carbocycles. The van der Waals surface area contributed by atoms with Crippen LogP contribution in [0.3, 0.4) is 0 Å². The number of hydrogen-bond donors (Lipinski definition) is 1. The van der Waals surface area contributed by atoms with Gasteiger partial charge in [0.25, 0.3) is 5.69 Å². The lowest BCUT2D eigenvalue weighted by atomic mass is 10.1. The van der Waals surface area contributed by atoms with Crippen molar-refractivity contribution in [3.8, 4) is 0 Å². The highest BCUT2D eigenvalue weighted by Gasteiger charge is 2.32. The highest BCUT2D eigenvalue weighted by Crippen LogP contribution is 2.29. The Hall–Kier alpha value is -2.65. The molecule has 0 unspecified atom stereocenters. The molecule has 0 saturated carbocycles. The van der Waals surface area contributed by atoms with Crippen LogP contribution in [0.2, 0.25) is 5.02 Å². The molecule has 2 rings (SSSR count). The molecule has 0 aliphatic rings. The summed E-state index contributed by atoms with van der Waals surface area (Å²) < 4.78 is 26.2. The number of aryl methyl sites for hydroxylation is 2. The zero-order chi connectivity index (χ0) is 21.9. The maximum atomic E-state index is 13.0. The number of nitrogens with one attached hydrogen (secondary N) is 1. The topological polar surface area (TPSA) is 110 Å². The molecule has 0 aliphatic heterocycles. The van der Waals surface area contributed by atoms with Gasteiger partial charge < -0.3 is 5.32 Å². The maximum Gasteiger partial charge on any atom is 0.271 e. The number of sulfonamides is 1. The normalized spacial score (nSPS) is 12.3. The van der Waals surface area contributed by atoms with Gasteiger partial charge in [0.2, 0.25) is 15.9 Å². The number of amides is 1. The first-order valence-corrected chi connectivity index (χ1v) is 11.0. The van der Waals surface area contributed by atoms with Gasteiger partial charge in [0, 0.05) is 12.1 Å². The second-order valence-corrected chi connectivity index (χ2v) is 9.01. The number of non-ortho nitro benzene ring substituents is 1. The van der Waals surface area contributed by atoms with Gasteiger partial charge in [-0.1, -0.05) is 24.6 Å². The predicted molar refractivity (Wildman–Crippen MR) is 114 cm³/mol. The van der Waals surface area contributed by atoms with E-state index in [1.165, 1.54) is 12.1 Å². The number of carbonyl (C=O) groups excluding carboxylic acids is 1. The number of halogens is 1. The minimum atomic E-state index is -3.80. The first-order chi connectivity index (χ1) is 13.4. The average molecular weight is 440 g/mol. The SMILES string of the molecule is CC[C@H](C(=O)Nc1cc([N+](=O)[O-])ccc1Cl)N(c1cc(C)cc(C)c1)S(C)(=O)=O. The average Bonchev–Trinajstić information content (AvgIpc) is 2.58. The minimum Gasteiger partial charge on any atom is -0.323 e. The number of benzene rings is 2. The quantitative estimate of drug-likeness (QED) is 0.517. The van der Waals surface area contributed by atoms with Gasteiger partial charge in [-0.05, 0) is 49.6 Å². The maximum absolute atomic E-state index is 13.0. The zero-order valence-electron chi connectivity index (χ0n) is 16.5. The van der Waals surface area contributed by atoms with E-state index in [1.54, 1.807) is 19.1 Å². The molecule has 8 nitrogen and oxygen atoms in total. The Morgan fingerprint density at radius 1 is 1.21 bits per heavy atom. The predicted octanol–water partition coefficient (Wildman–Crippen LogP) is 4.05. The number of nitro benzene ring substituents is 1. The fourth-order valence-electron chi connectivity index (χ4n) is 3.08. The van der Waals surface area contributed by atoms with Crippen LogP contribution in [-0.4, -0.2) is 31.5 Å². The molecule has 1 N–H and O–H groups in total. The summed E-state index contributed by atoms with van der Waals surface area (Å²) in [5.74, 6) is -0.639. The van der Waals surface area contributed by atoms with Crippen LogP contribution in [0.15, 0.2) is 36.4 Å². The van der Waals surface area contributed by atoms with E-state index in [2.05, 4.69) is 5.32 Å². The van der Waals surface area contributed by atoms with Crippen molar-refractivity contribution in [3.63, 3.8) is 0 Å². The summed E-state index contributed by atoms with van der Waals surface area (Å²) in [5.41, 5.74) is 1.87. The van der Waals surface area contributed by atoms with Crippen LogP contribution in [-0.2, 0) is 14.8 Å². The molecule has 1 amide bonds. The van der Waals surface area contributed by atoms with Crippen LogP contribution in [0.25, 0.3) is 0 Å². The van der Waals surface area contributed by atoms with Gasteiger partial charge in [0.1, 0.15) is 6.04 Å². The number of anilines is 2. The van der Waals surface area contributed by atoms with Crippen LogP contribution in [0.5, 0.6) is 0 Å². The lowest BCUT2D eigenvalue weighted by Crippen LogP contribution is -2.47.